The fourth-order valence-corrected chi connectivity index (χ4v) is 19.5. The largest absolute Gasteiger partial charge is 0.476 e. The molecule has 12 aromatic carbocycles. The Morgan fingerprint density at radius 1 is 0.264 bits per heavy atom. The molecule has 0 N–H and O–H groups in total. The van der Waals surface area contributed by atoms with Gasteiger partial charge in [-0.1, -0.05) is 270 Å². The predicted molar refractivity (Wildman–Crippen MR) is 522 cm³/mol. The van der Waals surface area contributed by atoms with E-state index in [0.29, 0.717) is 35.3 Å². The van der Waals surface area contributed by atoms with Crippen LogP contribution in [0.2, 0.25) is 58.9 Å². The molecule has 0 saturated heterocycles. The van der Waals surface area contributed by atoms with E-state index >= 15 is 0 Å². The summed E-state index contributed by atoms with van der Waals surface area (Å²) in [6.45, 7) is 36.6. The zero-order chi connectivity index (χ0) is 88.5. The molecule has 19 heteroatoms. The maximum Gasteiger partial charge on any atom is 0.237 e. The first-order valence-corrected chi connectivity index (χ1v) is 52.7. The standard InChI is InChI=1S/C24H28NSi.C21H22NSi.C20H11N2O2.2C15H11N2O.C15H18NSi.3Ir/c1-24(2,3)21-16-22(25-17-23(21)26(4,5)6)20-14-10-13-19(15-20)18-11-8-7-9-12-18;1-16-13-20(22-15-21(16)23(2,3)4)19-12-8-11-18(14-19)17-9-6-5-7-10-17;1-2-6-13(7-3-1)19-21-22-20(24-19)14-10-11-16-15-8-4-5-9-17(15)23-18(16)12-14;2*1-11-7-9-13(10-8-11)15-17-16-14(18-15)12-5-3-2-4-6-12;1-12-10-14(13-8-6-5-7-9-13)16-11-15(12)17(2,3)4;;;/h7-13,15-17H,1-6H3;5-11,13-15H,1-4H3;1-9,11-12H;2*2-5,7-10H,1H3;5-8,10-11H,1-4H3;;;/q6*-1;;;. The van der Waals surface area contributed by atoms with E-state index in [1.54, 1.807) is 0 Å². The Morgan fingerprint density at radius 2 is 0.612 bits per heavy atom. The summed E-state index contributed by atoms with van der Waals surface area (Å²) in [5, 5.41) is 30.9. The molecule has 0 saturated carbocycles. The number of para-hydroxylation sites is 1. The minimum atomic E-state index is -1.45. The second-order valence-corrected chi connectivity index (χ2v) is 50.1. The third kappa shape index (κ3) is 25.7. The van der Waals surface area contributed by atoms with Crippen molar-refractivity contribution < 1.29 is 78.0 Å². The van der Waals surface area contributed by atoms with Crippen LogP contribution in [0, 0.1) is 64.1 Å². The van der Waals surface area contributed by atoms with Crippen molar-refractivity contribution in [3.05, 3.63) is 386 Å². The molecule has 0 aliphatic rings. The number of pyridine rings is 3. The molecule has 0 fully saturated rings. The summed E-state index contributed by atoms with van der Waals surface area (Å²) in [6, 6.07) is 120. The Bertz CT molecular complexity index is 6680. The molecule has 19 rings (SSSR count). The number of furan rings is 1. The third-order valence-electron chi connectivity index (χ3n) is 21.0. The van der Waals surface area contributed by atoms with Crippen LogP contribution in [-0.2, 0) is 65.7 Å². The van der Waals surface area contributed by atoms with Crippen molar-refractivity contribution in [2.24, 2.45) is 0 Å². The minimum absolute atomic E-state index is 0. The first-order valence-electron chi connectivity index (χ1n) is 42.2. The first kappa shape index (κ1) is 97.5. The quantitative estimate of drug-likeness (QED) is 0.0745. The van der Waals surface area contributed by atoms with Gasteiger partial charge in [-0.25, -0.2) is 0 Å². The number of hydrogen-bond donors (Lipinski definition) is 0. The van der Waals surface area contributed by atoms with Gasteiger partial charge < -0.3 is 32.6 Å². The average molecular weight is 2270 g/mol. The van der Waals surface area contributed by atoms with Crippen molar-refractivity contribution in [2.45, 2.75) is 113 Å². The molecule has 0 aliphatic heterocycles. The normalized spacial score (nSPS) is 11.1. The van der Waals surface area contributed by atoms with Crippen LogP contribution >= 0.6 is 0 Å². The molecular formula is C110H101Ir3N9O4Si3-6. The molecule has 0 atom stereocenters. The van der Waals surface area contributed by atoms with Gasteiger partial charge in [0.2, 0.25) is 17.7 Å². The van der Waals surface area contributed by atoms with Crippen molar-refractivity contribution in [3.8, 4) is 125 Å². The van der Waals surface area contributed by atoms with Gasteiger partial charge in [-0.15, -0.1) is 195 Å². The number of aromatic nitrogens is 9. The summed E-state index contributed by atoms with van der Waals surface area (Å²) >= 11 is 0. The van der Waals surface area contributed by atoms with E-state index in [9.17, 15) is 0 Å². The van der Waals surface area contributed by atoms with Crippen LogP contribution in [-0.4, -0.2) is 69.8 Å². The fraction of sp³-hybridized carbons (Fsp3) is 0.155. The molecule has 129 heavy (non-hydrogen) atoms. The Balaban J connectivity index is 0.000000150. The van der Waals surface area contributed by atoms with Gasteiger partial charge in [-0.3, -0.25) is 0 Å². The molecule has 0 unspecified atom stereocenters. The molecule has 0 bridgehead atoms. The molecule has 0 amide bonds. The Hall–Kier alpha value is -12.1. The van der Waals surface area contributed by atoms with Crippen LogP contribution < -0.4 is 15.6 Å². The van der Waals surface area contributed by atoms with Crippen molar-refractivity contribution in [3.63, 3.8) is 0 Å². The second-order valence-electron chi connectivity index (χ2n) is 35.0. The summed E-state index contributed by atoms with van der Waals surface area (Å²) in [5.74, 6) is 2.96. The summed E-state index contributed by atoms with van der Waals surface area (Å²) in [4.78, 5) is 14.1. The van der Waals surface area contributed by atoms with Gasteiger partial charge in [-0.2, -0.15) is 15.3 Å². The van der Waals surface area contributed by atoms with Gasteiger partial charge in [0.05, 0.1) is 29.8 Å². The first-order chi connectivity index (χ1) is 60.6. The van der Waals surface area contributed by atoms with E-state index in [1.807, 2.05) is 220 Å². The summed E-state index contributed by atoms with van der Waals surface area (Å²) in [6.07, 6.45) is 6.24. The van der Waals surface area contributed by atoms with Gasteiger partial charge >= 0.3 is 0 Å². The van der Waals surface area contributed by atoms with E-state index in [0.717, 1.165) is 89.1 Å². The van der Waals surface area contributed by atoms with Gasteiger partial charge in [-0.05, 0) is 130 Å². The molecule has 19 aromatic rings. The minimum Gasteiger partial charge on any atom is -0.476 e. The van der Waals surface area contributed by atoms with Gasteiger partial charge in [0, 0.05) is 95.6 Å². The summed E-state index contributed by atoms with van der Waals surface area (Å²) < 4.78 is 23.0. The number of rotatable bonds is 14. The third-order valence-corrected chi connectivity index (χ3v) is 27.3. The molecule has 13 nitrogen and oxygen atoms in total. The van der Waals surface area contributed by atoms with Crippen LogP contribution in [0.4, 0.5) is 0 Å². The Morgan fingerprint density at radius 3 is 1.02 bits per heavy atom. The molecule has 3 radical (unpaired) electrons. The zero-order valence-corrected chi connectivity index (χ0v) is 85.4. The Labute approximate surface area is 802 Å². The molecule has 0 aliphatic carbocycles. The van der Waals surface area contributed by atoms with Crippen molar-refractivity contribution in [1.29, 1.82) is 0 Å². The maximum atomic E-state index is 5.90. The number of fused-ring (bicyclic) bond motifs is 3. The summed E-state index contributed by atoms with van der Waals surface area (Å²) in [5.41, 5.74) is 24.4. The average Bonchev–Trinajstić information content (AvgIpc) is 1.73. The molecule has 7 aromatic heterocycles. The number of nitrogens with zero attached hydrogens (tertiary/aromatic N) is 9. The molecule has 655 valence electrons. The zero-order valence-electron chi connectivity index (χ0n) is 75.3. The SMILES string of the molecule is CC(C)(C)c1cc(-c2[c-]ccc(-c3ccccc3)c2)ncc1[Si](C)(C)C.Cc1cc(-c2[c-]ccc(-c3ccccc3)c2)ncc1[Si](C)(C)C.Cc1cc(-c2[c-]cccc2)ncc1[Si](C)(C)C.Cc1ccc(-c2nnc(-c3[c-]cccc3)o2)cc1.Cc1ccc(-c2nnc(-c3[c-]cccc3)o2)cc1.[Ir].[Ir].[Ir].[c-]1cc2c(cc1-c1nnc(-c3ccccc3)o1)oc1ccccc12. The number of hydrogen-bond acceptors (Lipinski definition) is 13. The van der Waals surface area contributed by atoms with Gasteiger partial charge in [0.25, 0.3) is 0 Å². The van der Waals surface area contributed by atoms with Gasteiger partial charge in [0.15, 0.2) is 17.7 Å². The molecular weight excluding hydrogens is 2170 g/mol. The molecule has 7 heterocycles. The monoisotopic (exact) mass is 2270 g/mol. The maximum absolute atomic E-state index is 5.90. The number of benzene rings is 12. The van der Waals surface area contributed by atoms with E-state index < -0.39 is 24.2 Å². The Kier molecular flexibility index (Phi) is 33.5. The number of aryl methyl sites for hydroxylation is 4. The topological polar surface area (TPSA) is 169 Å². The molecule has 0 spiro atoms. The van der Waals surface area contributed by atoms with Crippen LogP contribution in [0.1, 0.15) is 48.6 Å². The predicted octanol–water partition coefficient (Wildman–Crippen LogP) is 26.7. The van der Waals surface area contributed by atoms with E-state index in [1.165, 1.54) is 65.6 Å². The van der Waals surface area contributed by atoms with Gasteiger partial charge in [0.1, 0.15) is 5.58 Å². The smallest absolute Gasteiger partial charge is 0.237 e. The van der Waals surface area contributed by atoms with Crippen LogP contribution in [0.15, 0.2) is 340 Å². The van der Waals surface area contributed by atoms with Crippen molar-refractivity contribution in [1.82, 2.24) is 45.5 Å². The van der Waals surface area contributed by atoms with E-state index in [4.69, 9.17) is 27.6 Å². The van der Waals surface area contributed by atoms with Crippen LogP contribution in [0.25, 0.3) is 147 Å². The van der Waals surface area contributed by atoms with Crippen LogP contribution in [0.5, 0.6) is 0 Å². The van der Waals surface area contributed by atoms with Crippen molar-refractivity contribution in [2.75, 3.05) is 0 Å². The van der Waals surface area contributed by atoms with Crippen molar-refractivity contribution >= 4 is 61.7 Å². The van der Waals surface area contributed by atoms with Crippen LogP contribution in [0.3, 0.4) is 0 Å². The summed E-state index contributed by atoms with van der Waals surface area (Å²) in [7, 11) is -4.06. The fourth-order valence-electron chi connectivity index (χ4n) is 14.4. The second kappa shape index (κ2) is 44.3. The van der Waals surface area contributed by atoms with E-state index in [2.05, 4.69) is 281 Å². The van der Waals surface area contributed by atoms with E-state index in [-0.39, 0.29) is 65.7 Å².